The van der Waals surface area contributed by atoms with Crippen LogP contribution in [0.5, 0.6) is 0 Å². The van der Waals surface area contributed by atoms with Gasteiger partial charge < -0.3 is 0 Å². The van der Waals surface area contributed by atoms with Crippen molar-refractivity contribution in [2.24, 2.45) is 22.0 Å². The molecule has 0 bridgehead atoms. The Morgan fingerprint density at radius 2 is 1.43 bits per heavy atom. The SMILES string of the molecule is C=C/C=N/N=CC(C(=O)C1CCCCC1)C(=O)C(c1ccccc1)c1ccccc1. The molecule has 1 fully saturated rings. The Kier molecular flexibility index (Phi) is 8.02. The second-order valence-electron chi connectivity index (χ2n) is 7.64. The van der Waals surface area contributed by atoms with Crippen molar-refractivity contribution in [3.8, 4) is 0 Å². The molecule has 154 valence electrons. The van der Waals surface area contributed by atoms with E-state index < -0.39 is 11.8 Å². The molecule has 0 aromatic heterocycles. The monoisotopic (exact) mass is 400 g/mol. The summed E-state index contributed by atoms with van der Waals surface area (Å²) in [7, 11) is 0. The first-order chi connectivity index (χ1) is 14.7. The summed E-state index contributed by atoms with van der Waals surface area (Å²) in [6.45, 7) is 3.57. The molecular weight excluding hydrogens is 372 g/mol. The minimum atomic E-state index is -0.916. The topological polar surface area (TPSA) is 58.9 Å². The zero-order valence-corrected chi connectivity index (χ0v) is 17.2. The highest BCUT2D eigenvalue weighted by Gasteiger charge is 2.36. The van der Waals surface area contributed by atoms with E-state index in [9.17, 15) is 9.59 Å². The molecule has 2 aromatic carbocycles. The summed E-state index contributed by atoms with van der Waals surface area (Å²) < 4.78 is 0. The summed E-state index contributed by atoms with van der Waals surface area (Å²) in [4.78, 5) is 27.2. The van der Waals surface area contributed by atoms with Gasteiger partial charge in [0.25, 0.3) is 0 Å². The molecule has 0 heterocycles. The fourth-order valence-corrected chi connectivity index (χ4v) is 4.11. The molecule has 1 atom stereocenters. The van der Waals surface area contributed by atoms with E-state index in [2.05, 4.69) is 16.8 Å². The van der Waals surface area contributed by atoms with E-state index in [1.54, 1.807) is 0 Å². The Labute approximate surface area is 178 Å². The molecule has 4 nitrogen and oxygen atoms in total. The first kappa shape index (κ1) is 21.6. The maximum atomic E-state index is 13.8. The van der Waals surface area contributed by atoms with E-state index in [-0.39, 0.29) is 17.5 Å². The summed E-state index contributed by atoms with van der Waals surface area (Å²) in [5.41, 5.74) is 1.75. The average molecular weight is 401 g/mol. The normalized spacial score (nSPS) is 16.2. The van der Waals surface area contributed by atoms with Crippen LogP contribution in [0.2, 0.25) is 0 Å². The van der Waals surface area contributed by atoms with E-state index in [1.807, 2.05) is 60.7 Å². The number of nitrogens with zero attached hydrogens (tertiary/aromatic N) is 2. The lowest BCUT2D eigenvalue weighted by molar-refractivity contribution is -0.133. The number of allylic oxidation sites excluding steroid dienone is 1. The first-order valence-corrected chi connectivity index (χ1v) is 10.6. The van der Waals surface area contributed by atoms with Gasteiger partial charge in [0.1, 0.15) is 5.92 Å². The quantitative estimate of drug-likeness (QED) is 0.322. The molecule has 0 radical (unpaired) electrons. The number of carbonyl (C=O) groups is 2. The number of hydrogen-bond acceptors (Lipinski definition) is 4. The van der Waals surface area contributed by atoms with Crippen molar-refractivity contribution in [1.29, 1.82) is 0 Å². The summed E-state index contributed by atoms with van der Waals surface area (Å²) in [5, 5.41) is 7.87. The van der Waals surface area contributed by atoms with Crippen LogP contribution >= 0.6 is 0 Å². The Bertz CT molecular complexity index is 858. The third-order valence-electron chi connectivity index (χ3n) is 5.63. The van der Waals surface area contributed by atoms with Crippen LogP contribution in [0.25, 0.3) is 0 Å². The molecule has 1 unspecified atom stereocenters. The van der Waals surface area contributed by atoms with Crippen molar-refractivity contribution in [1.82, 2.24) is 0 Å². The third kappa shape index (κ3) is 5.47. The second kappa shape index (κ2) is 11.1. The minimum absolute atomic E-state index is 0.0332. The molecule has 0 amide bonds. The predicted octanol–water partition coefficient (Wildman–Crippen LogP) is 5.40. The van der Waals surface area contributed by atoms with E-state index in [0.717, 1.165) is 43.2 Å². The van der Waals surface area contributed by atoms with Gasteiger partial charge in [0, 0.05) is 18.3 Å². The lowest BCUT2D eigenvalue weighted by atomic mass is 9.76. The van der Waals surface area contributed by atoms with Crippen LogP contribution in [0.1, 0.15) is 49.1 Å². The van der Waals surface area contributed by atoms with Crippen LogP contribution in [0.4, 0.5) is 0 Å². The molecule has 0 N–H and O–H groups in total. The van der Waals surface area contributed by atoms with Crippen molar-refractivity contribution >= 4 is 24.0 Å². The lowest BCUT2D eigenvalue weighted by Gasteiger charge is -2.25. The van der Waals surface area contributed by atoms with Gasteiger partial charge in [0.15, 0.2) is 11.6 Å². The van der Waals surface area contributed by atoms with Gasteiger partial charge in [-0.2, -0.15) is 10.2 Å². The highest BCUT2D eigenvalue weighted by molar-refractivity contribution is 6.17. The molecule has 1 saturated carbocycles. The van der Waals surface area contributed by atoms with E-state index in [4.69, 9.17) is 0 Å². The molecule has 1 aliphatic carbocycles. The van der Waals surface area contributed by atoms with Gasteiger partial charge in [-0.15, -0.1) is 0 Å². The molecule has 3 rings (SSSR count). The zero-order chi connectivity index (χ0) is 21.2. The van der Waals surface area contributed by atoms with Crippen molar-refractivity contribution in [2.45, 2.75) is 38.0 Å². The van der Waals surface area contributed by atoms with E-state index >= 15 is 0 Å². The van der Waals surface area contributed by atoms with Crippen LogP contribution < -0.4 is 0 Å². The van der Waals surface area contributed by atoms with Crippen LogP contribution in [-0.2, 0) is 9.59 Å². The Morgan fingerprint density at radius 1 is 0.867 bits per heavy atom. The maximum Gasteiger partial charge on any atom is 0.160 e. The first-order valence-electron chi connectivity index (χ1n) is 10.6. The Hall–Kier alpha value is -3.14. The van der Waals surface area contributed by atoms with Gasteiger partial charge in [-0.1, -0.05) is 86.5 Å². The lowest BCUT2D eigenvalue weighted by Crippen LogP contribution is -2.35. The molecule has 0 aliphatic heterocycles. The van der Waals surface area contributed by atoms with Gasteiger partial charge in [-0.25, -0.2) is 0 Å². The minimum Gasteiger partial charge on any atom is -0.298 e. The molecular formula is C26H28N2O2. The summed E-state index contributed by atoms with van der Waals surface area (Å²) in [5.74, 6) is -1.72. The largest absolute Gasteiger partial charge is 0.298 e. The molecule has 4 heteroatoms. The summed E-state index contributed by atoms with van der Waals surface area (Å²) in [6.07, 6.45) is 9.26. The Morgan fingerprint density at radius 3 is 1.97 bits per heavy atom. The standard InChI is InChI=1S/C26H28N2O2/c1-2-18-27-28-19-23(25(29)22-16-10-5-11-17-22)26(30)24(20-12-6-3-7-13-20)21-14-8-4-9-15-21/h2-4,6-9,12-15,18-19,22-24H,1,5,10-11,16-17H2/b27-18+,28-19?. The molecule has 30 heavy (non-hydrogen) atoms. The van der Waals surface area contributed by atoms with Crippen LogP contribution in [0, 0.1) is 11.8 Å². The Balaban J connectivity index is 1.98. The number of carbonyl (C=O) groups excluding carboxylic acids is 2. The highest BCUT2D eigenvalue weighted by Crippen LogP contribution is 2.32. The smallest absolute Gasteiger partial charge is 0.160 e. The van der Waals surface area contributed by atoms with E-state index in [0.29, 0.717) is 0 Å². The average Bonchev–Trinajstić information content (AvgIpc) is 2.81. The number of rotatable bonds is 9. The number of hydrogen-bond donors (Lipinski definition) is 0. The fraction of sp³-hybridized carbons (Fsp3) is 0.308. The van der Waals surface area contributed by atoms with Crippen LogP contribution in [0.3, 0.4) is 0 Å². The molecule has 1 aliphatic rings. The van der Waals surface area contributed by atoms with Crippen molar-refractivity contribution in [3.05, 3.63) is 84.4 Å². The maximum absolute atomic E-state index is 13.8. The van der Waals surface area contributed by atoms with Gasteiger partial charge >= 0.3 is 0 Å². The summed E-state index contributed by atoms with van der Waals surface area (Å²) >= 11 is 0. The van der Waals surface area contributed by atoms with Crippen molar-refractivity contribution in [3.63, 3.8) is 0 Å². The molecule has 2 aromatic rings. The molecule has 0 spiro atoms. The van der Waals surface area contributed by atoms with E-state index in [1.165, 1.54) is 18.5 Å². The van der Waals surface area contributed by atoms with Crippen molar-refractivity contribution in [2.75, 3.05) is 0 Å². The van der Waals surface area contributed by atoms with Crippen molar-refractivity contribution < 1.29 is 9.59 Å². The second-order valence-corrected chi connectivity index (χ2v) is 7.64. The van der Waals surface area contributed by atoms with Crippen LogP contribution in [0.15, 0.2) is 83.5 Å². The van der Waals surface area contributed by atoms with Gasteiger partial charge in [-0.3, -0.25) is 9.59 Å². The third-order valence-corrected chi connectivity index (χ3v) is 5.63. The number of benzene rings is 2. The molecule has 0 saturated heterocycles. The predicted molar refractivity (Wildman–Crippen MR) is 122 cm³/mol. The fourth-order valence-electron chi connectivity index (χ4n) is 4.11. The summed E-state index contributed by atoms with van der Waals surface area (Å²) in [6, 6.07) is 19.2. The highest BCUT2D eigenvalue weighted by atomic mass is 16.2. The van der Waals surface area contributed by atoms with Crippen LogP contribution in [-0.4, -0.2) is 24.0 Å². The van der Waals surface area contributed by atoms with Gasteiger partial charge in [0.05, 0.1) is 5.92 Å². The van der Waals surface area contributed by atoms with Gasteiger partial charge in [-0.05, 0) is 30.0 Å². The number of Topliss-reactive ketones (excluding diaryl/α,β-unsaturated/α-hetero) is 2. The zero-order valence-electron chi connectivity index (χ0n) is 17.2. The number of ketones is 2. The van der Waals surface area contributed by atoms with Gasteiger partial charge in [0.2, 0.25) is 0 Å².